The van der Waals surface area contributed by atoms with Crippen LogP contribution in [0.15, 0.2) is 48.0 Å². The predicted octanol–water partition coefficient (Wildman–Crippen LogP) is 3.06. The predicted molar refractivity (Wildman–Crippen MR) is 97.4 cm³/mol. The molecule has 0 spiro atoms. The van der Waals surface area contributed by atoms with Gasteiger partial charge >= 0.3 is 0 Å². The van der Waals surface area contributed by atoms with Gasteiger partial charge in [-0.2, -0.15) is 5.10 Å². The lowest BCUT2D eigenvalue weighted by Gasteiger charge is -2.12. The summed E-state index contributed by atoms with van der Waals surface area (Å²) in [5.74, 6) is 0.755. The van der Waals surface area contributed by atoms with Crippen LogP contribution in [0.3, 0.4) is 0 Å². The number of nitrogens with one attached hydrogen (secondary N) is 1. The molecule has 1 aromatic carbocycles. The van der Waals surface area contributed by atoms with E-state index in [1.165, 1.54) is 7.11 Å². The van der Waals surface area contributed by atoms with Gasteiger partial charge in [0, 0.05) is 12.7 Å². The number of nitrogens with zero attached hydrogens (tertiary/aromatic N) is 2. The van der Waals surface area contributed by atoms with Crippen molar-refractivity contribution in [2.75, 3.05) is 20.8 Å². The van der Waals surface area contributed by atoms with E-state index in [1.807, 2.05) is 34.5 Å². The normalized spacial score (nSPS) is 10.5. The summed E-state index contributed by atoms with van der Waals surface area (Å²) in [6.45, 7) is 1.05. The summed E-state index contributed by atoms with van der Waals surface area (Å²) in [4.78, 5) is 13.5. The first-order valence-electron chi connectivity index (χ1n) is 7.79. The van der Waals surface area contributed by atoms with Gasteiger partial charge in [0.1, 0.15) is 5.69 Å². The van der Waals surface area contributed by atoms with Crippen LogP contribution in [-0.2, 0) is 6.54 Å². The lowest BCUT2D eigenvalue weighted by atomic mass is 10.1. The number of thiophene rings is 1. The van der Waals surface area contributed by atoms with E-state index < -0.39 is 0 Å². The van der Waals surface area contributed by atoms with Gasteiger partial charge in [0.05, 0.1) is 31.2 Å². The van der Waals surface area contributed by atoms with Gasteiger partial charge in [-0.3, -0.25) is 9.48 Å². The number of aromatic nitrogens is 2. The molecule has 0 aliphatic heterocycles. The number of amides is 1. The lowest BCUT2D eigenvalue weighted by Crippen LogP contribution is -2.27. The Bertz CT molecular complexity index is 843. The van der Waals surface area contributed by atoms with Crippen LogP contribution >= 0.6 is 11.3 Å². The average Bonchev–Trinajstić information content (AvgIpc) is 3.32. The van der Waals surface area contributed by atoms with Gasteiger partial charge in [0.2, 0.25) is 0 Å². The van der Waals surface area contributed by atoms with Crippen molar-refractivity contribution >= 4 is 17.2 Å². The number of carbonyl (C=O) groups is 1. The summed E-state index contributed by atoms with van der Waals surface area (Å²) < 4.78 is 12.3. The average molecular weight is 357 g/mol. The molecule has 0 fully saturated rings. The van der Waals surface area contributed by atoms with Gasteiger partial charge in [-0.15, -0.1) is 11.3 Å². The molecule has 2 heterocycles. The van der Waals surface area contributed by atoms with Crippen molar-refractivity contribution in [2.45, 2.75) is 6.54 Å². The number of ether oxygens (including phenoxy) is 2. The molecule has 0 aliphatic carbocycles. The van der Waals surface area contributed by atoms with Crippen molar-refractivity contribution in [3.05, 3.63) is 53.5 Å². The summed E-state index contributed by atoms with van der Waals surface area (Å²) >= 11 is 1.65. The summed E-state index contributed by atoms with van der Waals surface area (Å²) in [5.41, 5.74) is 1.39. The Hall–Kier alpha value is -2.80. The van der Waals surface area contributed by atoms with Gasteiger partial charge in [0.15, 0.2) is 11.5 Å². The number of hydrogen-bond acceptors (Lipinski definition) is 5. The molecule has 0 saturated carbocycles. The summed E-state index contributed by atoms with van der Waals surface area (Å²) in [5, 5.41) is 9.42. The van der Waals surface area contributed by atoms with E-state index >= 15 is 0 Å². The van der Waals surface area contributed by atoms with Crippen LogP contribution in [0.5, 0.6) is 11.5 Å². The SMILES string of the molecule is COc1cccc(C(=O)NCCn2ccc(-c3cccs3)n2)c1OC. The minimum absolute atomic E-state index is 0.207. The Balaban J connectivity index is 1.60. The molecule has 1 amide bonds. The van der Waals surface area contributed by atoms with Crippen molar-refractivity contribution < 1.29 is 14.3 Å². The summed E-state index contributed by atoms with van der Waals surface area (Å²) in [6, 6.07) is 11.2. The van der Waals surface area contributed by atoms with E-state index in [0.717, 1.165) is 10.6 Å². The van der Waals surface area contributed by atoms with Crippen LogP contribution in [0.4, 0.5) is 0 Å². The van der Waals surface area contributed by atoms with Crippen LogP contribution in [0, 0.1) is 0 Å². The molecular formula is C18H19N3O3S. The maximum Gasteiger partial charge on any atom is 0.255 e. The summed E-state index contributed by atoms with van der Waals surface area (Å²) in [7, 11) is 3.06. The minimum Gasteiger partial charge on any atom is -0.493 e. The third-order valence-electron chi connectivity index (χ3n) is 3.69. The molecule has 2 aromatic heterocycles. The zero-order chi connectivity index (χ0) is 17.6. The highest BCUT2D eigenvalue weighted by atomic mass is 32.1. The molecule has 25 heavy (non-hydrogen) atoms. The van der Waals surface area contributed by atoms with E-state index in [-0.39, 0.29) is 5.91 Å². The van der Waals surface area contributed by atoms with Crippen molar-refractivity contribution in [3.8, 4) is 22.1 Å². The first-order chi connectivity index (χ1) is 12.2. The van der Waals surface area contributed by atoms with E-state index in [0.29, 0.717) is 30.2 Å². The van der Waals surface area contributed by atoms with Crippen molar-refractivity contribution in [2.24, 2.45) is 0 Å². The molecule has 6 nitrogen and oxygen atoms in total. The highest BCUT2D eigenvalue weighted by molar-refractivity contribution is 7.13. The molecule has 3 aromatic rings. The molecule has 0 bridgehead atoms. The molecule has 0 aliphatic rings. The third kappa shape index (κ3) is 3.83. The zero-order valence-corrected chi connectivity index (χ0v) is 14.9. The van der Waals surface area contributed by atoms with Crippen LogP contribution < -0.4 is 14.8 Å². The molecule has 0 atom stereocenters. The molecule has 130 valence electrons. The number of hydrogen-bond donors (Lipinski definition) is 1. The van der Waals surface area contributed by atoms with Crippen LogP contribution in [0.2, 0.25) is 0 Å². The van der Waals surface area contributed by atoms with Crippen LogP contribution in [0.1, 0.15) is 10.4 Å². The Kier molecular flexibility index (Phi) is 5.35. The molecule has 0 radical (unpaired) electrons. The molecule has 0 saturated heterocycles. The van der Waals surface area contributed by atoms with Gasteiger partial charge in [-0.1, -0.05) is 12.1 Å². The second kappa shape index (κ2) is 7.85. The van der Waals surface area contributed by atoms with Crippen molar-refractivity contribution in [1.29, 1.82) is 0 Å². The molecule has 7 heteroatoms. The highest BCUT2D eigenvalue weighted by Crippen LogP contribution is 2.30. The fourth-order valence-corrected chi connectivity index (χ4v) is 3.18. The second-order valence-corrected chi connectivity index (χ2v) is 6.19. The fraction of sp³-hybridized carbons (Fsp3) is 0.222. The van der Waals surface area contributed by atoms with Gasteiger partial charge in [-0.05, 0) is 29.6 Å². The molecular weight excluding hydrogens is 338 g/mol. The number of rotatable bonds is 7. The van der Waals surface area contributed by atoms with Crippen LogP contribution in [0.25, 0.3) is 10.6 Å². The third-order valence-corrected chi connectivity index (χ3v) is 4.58. The Morgan fingerprint density at radius 3 is 2.80 bits per heavy atom. The Labute approximate surface area is 150 Å². The lowest BCUT2D eigenvalue weighted by molar-refractivity contribution is 0.0948. The van der Waals surface area contributed by atoms with Crippen molar-refractivity contribution in [1.82, 2.24) is 15.1 Å². The summed E-state index contributed by atoms with van der Waals surface area (Å²) in [6.07, 6.45) is 1.91. The first-order valence-corrected chi connectivity index (χ1v) is 8.67. The highest BCUT2D eigenvalue weighted by Gasteiger charge is 2.15. The molecule has 0 unspecified atom stereocenters. The van der Waals surface area contributed by atoms with E-state index in [2.05, 4.69) is 10.4 Å². The Morgan fingerprint density at radius 1 is 1.20 bits per heavy atom. The number of methoxy groups -OCH3 is 2. The number of carbonyl (C=O) groups excluding carboxylic acids is 1. The van der Waals surface area contributed by atoms with Gasteiger partial charge in [0.25, 0.3) is 5.91 Å². The second-order valence-electron chi connectivity index (χ2n) is 5.24. The largest absolute Gasteiger partial charge is 0.493 e. The Morgan fingerprint density at radius 2 is 2.08 bits per heavy atom. The van der Waals surface area contributed by atoms with Gasteiger partial charge in [-0.25, -0.2) is 0 Å². The molecule has 1 N–H and O–H groups in total. The smallest absolute Gasteiger partial charge is 0.255 e. The fourth-order valence-electron chi connectivity index (χ4n) is 2.49. The number of para-hydroxylation sites is 1. The standard InChI is InChI=1S/C18H19N3O3S/c1-23-15-6-3-5-13(17(15)24-2)18(22)19-9-11-21-10-8-14(20-21)16-7-4-12-25-16/h3-8,10,12H,9,11H2,1-2H3,(H,19,22). The quantitative estimate of drug-likeness (QED) is 0.706. The maximum atomic E-state index is 12.4. The zero-order valence-electron chi connectivity index (χ0n) is 14.1. The van der Waals surface area contributed by atoms with Crippen LogP contribution in [-0.4, -0.2) is 36.5 Å². The number of benzene rings is 1. The topological polar surface area (TPSA) is 65.4 Å². The van der Waals surface area contributed by atoms with E-state index in [4.69, 9.17) is 9.47 Å². The first kappa shape index (κ1) is 17.0. The van der Waals surface area contributed by atoms with Crippen molar-refractivity contribution in [3.63, 3.8) is 0 Å². The maximum absolute atomic E-state index is 12.4. The van der Waals surface area contributed by atoms with E-state index in [9.17, 15) is 4.79 Å². The molecule has 3 rings (SSSR count). The monoisotopic (exact) mass is 357 g/mol. The van der Waals surface area contributed by atoms with E-state index in [1.54, 1.807) is 36.6 Å². The van der Waals surface area contributed by atoms with Gasteiger partial charge < -0.3 is 14.8 Å². The minimum atomic E-state index is -0.207.